The largest absolute Gasteiger partial charge is 1.00 e. The van der Waals surface area contributed by atoms with E-state index in [4.69, 9.17) is 0 Å². The van der Waals surface area contributed by atoms with E-state index in [0.29, 0.717) is 35.7 Å². The molecule has 0 aliphatic carbocycles. The maximum atomic E-state index is 11.4. The molecule has 0 unspecified atom stereocenters. The van der Waals surface area contributed by atoms with E-state index in [1.54, 1.807) is 30.3 Å². The third kappa shape index (κ3) is 9.61. The van der Waals surface area contributed by atoms with Gasteiger partial charge in [0, 0.05) is 29.5 Å². The van der Waals surface area contributed by atoms with E-state index in [9.17, 15) is 25.9 Å². The van der Waals surface area contributed by atoms with Crippen LogP contribution in [0.2, 0.25) is 0 Å². The molecule has 0 saturated carbocycles. The number of nitrogens with zero attached hydrogens (tertiary/aromatic N) is 5. The van der Waals surface area contributed by atoms with E-state index >= 15 is 0 Å². The van der Waals surface area contributed by atoms with Crippen molar-refractivity contribution in [1.82, 2.24) is 0 Å². The molecular weight excluding hydrogens is 648 g/mol. The molecule has 0 heterocycles. The van der Waals surface area contributed by atoms with E-state index in [2.05, 4.69) is 20.5 Å². The number of fused-ring (bicyclic) bond motifs is 1. The summed E-state index contributed by atoms with van der Waals surface area (Å²) in [6.45, 7) is 3.04. The van der Waals surface area contributed by atoms with Gasteiger partial charge in [-0.2, -0.15) is 10.2 Å². The second kappa shape index (κ2) is 16.3. The first-order valence-corrected chi connectivity index (χ1v) is 16.1. The summed E-state index contributed by atoms with van der Waals surface area (Å²) < 4.78 is 68.2. The fourth-order valence-corrected chi connectivity index (χ4v) is 5.55. The maximum absolute atomic E-state index is 11.4. The first kappa shape index (κ1) is 37.6. The van der Waals surface area contributed by atoms with E-state index < -0.39 is 20.2 Å². The van der Waals surface area contributed by atoms with Gasteiger partial charge < -0.3 is 14.0 Å². The van der Waals surface area contributed by atoms with Crippen molar-refractivity contribution in [2.45, 2.75) is 23.3 Å². The molecule has 15 heteroatoms. The predicted molar refractivity (Wildman–Crippen MR) is 164 cm³/mol. The van der Waals surface area contributed by atoms with Crippen LogP contribution in [0.3, 0.4) is 0 Å². The Morgan fingerprint density at radius 1 is 0.587 bits per heavy atom. The van der Waals surface area contributed by atoms with E-state index in [-0.39, 0.29) is 74.6 Å². The molecule has 0 aromatic heterocycles. The maximum Gasteiger partial charge on any atom is 1.00 e. The van der Waals surface area contributed by atoms with Crippen molar-refractivity contribution in [3.63, 3.8) is 0 Å². The molecular formula is C31H25N5Na2O6S2. The van der Waals surface area contributed by atoms with Crippen LogP contribution in [0.1, 0.15) is 12.5 Å². The van der Waals surface area contributed by atoms with Gasteiger partial charge in [-0.15, -0.1) is 10.2 Å². The minimum atomic E-state index is -4.61. The molecule has 5 rings (SSSR count). The van der Waals surface area contributed by atoms with Crippen LogP contribution in [0.4, 0.5) is 28.4 Å². The average Bonchev–Trinajstić information content (AvgIpc) is 3.01. The molecule has 0 aliphatic rings. The Balaban J connectivity index is 0.00000288. The fourth-order valence-electron chi connectivity index (χ4n) is 4.50. The molecule has 46 heavy (non-hydrogen) atoms. The van der Waals surface area contributed by atoms with Crippen LogP contribution in [0.15, 0.2) is 139 Å². The van der Waals surface area contributed by atoms with Crippen LogP contribution in [0, 0.1) is 0 Å². The molecule has 0 amide bonds. The Morgan fingerprint density at radius 2 is 1.11 bits per heavy atom. The smallest absolute Gasteiger partial charge is 0.744 e. The first-order chi connectivity index (χ1) is 21.0. The fraction of sp³-hybridized carbons (Fsp3) is 0.0968. The van der Waals surface area contributed by atoms with Crippen LogP contribution < -0.4 is 64.0 Å². The van der Waals surface area contributed by atoms with Gasteiger partial charge in [-0.1, -0.05) is 42.5 Å². The van der Waals surface area contributed by atoms with Crippen molar-refractivity contribution in [2.24, 2.45) is 20.5 Å². The Labute approximate surface area is 311 Å². The third-order valence-electron chi connectivity index (χ3n) is 6.69. The normalized spacial score (nSPS) is 11.8. The van der Waals surface area contributed by atoms with E-state index in [0.717, 1.165) is 16.5 Å². The third-order valence-corrected chi connectivity index (χ3v) is 8.35. The number of hydrogen-bond donors (Lipinski definition) is 0. The van der Waals surface area contributed by atoms with Gasteiger partial charge in [0.25, 0.3) is 0 Å². The standard InChI is InChI=1S/C31H27N5O6S2.2Na/c1-2-36(21-22-7-5-9-26(19-22)43(37,38)39)25-15-13-23(14-16-25)32-34-30-17-18-31(29-12-4-3-11-28(29)30)35-33-24-8-6-10-27(20-24)44(40,41)42;;/h3-20H,2,21H2,1H3,(H,37,38,39)(H,40,41,42);;/q;2*+1/p-2. The molecule has 11 nitrogen and oxygen atoms in total. The number of anilines is 1. The van der Waals surface area contributed by atoms with Crippen LogP contribution >= 0.6 is 0 Å². The van der Waals surface area contributed by atoms with Gasteiger partial charge in [-0.05, 0) is 79.2 Å². The van der Waals surface area contributed by atoms with Crippen LogP contribution in [-0.4, -0.2) is 32.5 Å². The Morgan fingerprint density at radius 3 is 1.65 bits per heavy atom. The van der Waals surface area contributed by atoms with Crippen LogP contribution in [0.5, 0.6) is 0 Å². The van der Waals surface area contributed by atoms with Crippen molar-refractivity contribution in [3.8, 4) is 0 Å². The summed E-state index contributed by atoms with van der Waals surface area (Å²) in [5.74, 6) is 0. The van der Waals surface area contributed by atoms with Gasteiger partial charge in [0.15, 0.2) is 0 Å². The predicted octanol–water partition coefficient (Wildman–Crippen LogP) is 1.51. The molecule has 5 aromatic rings. The summed E-state index contributed by atoms with van der Waals surface area (Å²) in [5, 5.41) is 18.8. The second-order valence-corrected chi connectivity index (χ2v) is 12.4. The van der Waals surface area contributed by atoms with Gasteiger partial charge in [0.1, 0.15) is 20.2 Å². The summed E-state index contributed by atoms with van der Waals surface area (Å²) in [7, 11) is -9.14. The zero-order valence-electron chi connectivity index (χ0n) is 25.3. The van der Waals surface area contributed by atoms with Crippen molar-refractivity contribution < 1.29 is 85.1 Å². The van der Waals surface area contributed by atoms with Gasteiger partial charge in [-0.25, -0.2) is 16.8 Å². The van der Waals surface area contributed by atoms with E-state index in [1.807, 2.05) is 60.4 Å². The molecule has 0 bridgehead atoms. The summed E-state index contributed by atoms with van der Waals surface area (Å²) in [6.07, 6.45) is 0. The second-order valence-electron chi connectivity index (χ2n) is 9.63. The number of hydrogen-bond acceptors (Lipinski definition) is 11. The zero-order chi connectivity index (χ0) is 31.3. The summed E-state index contributed by atoms with van der Waals surface area (Å²) in [5.41, 5.74) is 3.56. The molecule has 5 aromatic carbocycles. The van der Waals surface area contributed by atoms with Crippen LogP contribution in [-0.2, 0) is 26.8 Å². The zero-order valence-corrected chi connectivity index (χ0v) is 30.9. The molecule has 0 saturated heterocycles. The Bertz CT molecular complexity index is 2110. The quantitative estimate of drug-likeness (QED) is 0.123. The van der Waals surface area contributed by atoms with E-state index in [1.165, 1.54) is 30.3 Å². The van der Waals surface area contributed by atoms with Gasteiger partial charge >= 0.3 is 59.1 Å². The SMILES string of the molecule is CCN(Cc1cccc(S(=O)(=O)[O-])c1)c1ccc(N=Nc2ccc(N=Nc3cccc(S(=O)(=O)[O-])c3)c3ccccc23)cc1.[Na+].[Na+]. The molecule has 0 fully saturated rings. The van der Waals surface area contributed by atoms with Crippen molar-refractivity contribution in [2.75, 3.05) is 11.4 Å². The van der Waals surface area contributed by atoms with Crippen molar-refractivity contribution in [1.29, 1.82) is 0 Å². The Kier molecular flexibility index (Phi) is 13.4. The molecule has 0 atom stereocenters. The summed E-state index contributed by atoms with van der Waals surface area (Å²) in [6, 6.07) is 29.7. The minimum absolute atomic E-state index is 0. The summed E-state index contributed by atoms with van der Waals surface area (Å²) in [4.78, 5) is 1.40. The molecule has 0 spiro atoms. The molecule has 0 aliphatic heterocycles. The number of azo groups is 2. The van der Waals surface area contributed by atoms with Crippen molar-refractivity contribution >= 4 is 59.4 Å². The number of rotatable bonds is 10. The number of benzene rings is 5. The first-order valence-electron chi connectivity index (χ1n) is 13.3. The molecule has 0 radical (unpaired) electrons. The Hall–Kier alpha value is -2.82. The topological polar surface area (TPSA) is 167 Å². The van der Waals surface area contributed by atoms with Gasteiger partial charge in [-0.3, -0.25) is 0 Å². The van der Waals surface area contributed by atoms with Gasteiger partial charge in [0.2, 0.25) is 0 Å². The minimum Gasteiger partial charge on any atom is -0.744 e. The summed E-state index contributed by atoms with van der Waals surface area (Å²) >= 11 is 0. The van der Waals surface area contributed by atoms with Crippen molar-refractivity contribution in [3.05, 3.63) is 115 Å². The monoisotopic (exact) mass is 673 g/mol. The van der Waals surface area contributed by atoms with Gasteiger partial charge in [0.05, 0.1) is 32.5 Å². The van der Waals surface area contributed by atoms with Crippen LogP contribution in [0.25, 0.3) is 10.8 Å². The molecule has 224 valence electrons. The molecule has 0 N–H and O–H groups in total. The average molecular weight is 674 g/mol.